The van der Waals surface area contributed by atoms with Crippen LogP contribution in [0.5, 0.6) is 0 Å². The molecule has 164 valence electrons. The number of carbonyl (C=O) groups is 1. The van der Waals surface area contributed by atoms with E-state index in [-0.39, 0.29) is 12.0 Å². The molecular weight excluding hydrogens is 400 g/mol. The van der Waals surface area contributed by atoms with Crippen LogP contribution < -0.4 is 0 Å². The van der Waals surface area contributed by atoms with E-state index in [0.717, 1.165) is 17.5 Å². The molecule has 1 N–H and O–H groups in total. The number of aromatic nitrogens is 3. The summed E-state index contributed by atoms with van der Waals surface area (Å²) in [6.45, 7) is 6.10. The van der Waals surface area contributed by atoms with Gasteiger partial charge >= 0.3 is 11.9 Å². The quantitative estimate of drug-likeness (QED) is 0.470. The molecule has 0 aliphatic rings. The van der Waals surface area contributed by atoms with Crippen molar-refractivity contribution in [3.63, 3.8) is 0 Å². The Morgan fingerprint density at radius 1 is 1.13 bits per heavy atom. The minimum absolute atomic E-state index is 0.232. The minimum atomic E-state index is -3.05. The highest BCUT2D eigenvalue weighted by molar-refractivity contribution is 5.95. The molecule has 3 rings (SSSR count). The predicted octanol–water partition coefficient (Wildman–Crippen LogP) is 5.78. The molecule has 1 aromatic heterocycles. The maximum Gasteiger partial charge on any atom is 0.336 e. The van der Waals surface area contributed by atoms with Gasteiger partial charge in [0.05, 0.1) is 5.56 Å². The molecule has 1 heterocycles. The van der Waals surface area contributed by atoms with Crippen molar-refractivity contribution in [2.75, 3.05) is 0 Å². The van der Waals surface area contributed by atoms with Gasteiger partial charge in [-0.3, -0.25) is 0 Å². The number of hydrogen-bond acceptors (Lipinski definition) is 3. The van der Waals surface area contributed by atoms with Crippen LogP contribution in [0.4, 0.5) is 8.78 Å². The van der Waals surface area contributed by atoms with Crippen molar-refractivity contribution in [2.24, 2.45) is 5.92 Å². The Balaban J connectivity index is 1.88. The number of carboxylic acids is 1. The Morgan fingerprint density at radius 2 is 1.81 bits per heavy atom. The average molecular weight is 427 g/mol. The highest BCUT2D eigenvalue weighted by Crippen LogP contribution is 2.29. The highest BCUT2D eigenvalue weighted by Gasteiger charge is 2.35. The molecule has 0 fully saturated rings. The van der Waals surface area contributed by atoms with Gasteiger partial charge in [-0.2, -0.15) is 8.78 Å². The summed E-state index contributed by atoms with van der Waals surface area (Å²) in [6, 6.07) is 14.2. The molecule has 5 nitrogen and oxygen atoms in total. The van der Waals surface area contributed by atoms with Crippen LogP contribution in [0, 0.1) is 5.92 Å². The number of benzene rings is 2. The van der Waals surface area contributed by atoms with E-state index >= 15 is 0 Å². The maximum atomic E-state index is 14.2. The summed E-state index contributed by atoms with van der Waals surface area (Å²) in [5.74, 6) is -3.55. The molecule has 0 saturated carbocycles. The van der Waals surface area contributed by atoms with Gasteiger partial charge in [-0.25, -0.2) is 14.5 Å². The summed E-state index contributed by atoms with van der Waals surface area (Å²) in [5.41, 5.74) is 2.53. The first-order valence-electron chi connectivity index (χ1n) is 10.4. The average Bonchev–Trinajstić information content (AvgIpc) is 3.16. The summed E-state index contributed by atoms with van der Waals surface area (Å²) in [7, 11) is 0. The van der Waals surface area contributed by atoms with Gasteiger partial charge < -0.3 is 5.11 Å². The topological polar surface area (TPSA) is 68.0 Å². The van der Waals surface area contributed by atoms with Crippen LogP contribution in [0.1, 0.15) is 61.2 Å². The lowest BCUT2D eigenvalue weighted by molar-refractivity contribution is -0.0177. The van der Waals surface area contributed by atoms with Gasteiger partial charge in [0.1, 0.15) is 5.82 Å². The maximum absolute atomic E-state index is 14.2. The molecule has 0 spiro atoms. The summed E-state index contributed by atoms with van der Waals surface area (Å²) in [5, 5.41) is 13.5. The third-order valence-corrected chi connectivity index (χ3v) is 5.22. The van der Waals surface area contributed by atoms with Gasteiger partial charge in [0.2, 0.25) is 5.82 Å². The van der Waals surface area contributed by atoms with Gasteiger partial charge in [0.15, 0.2) is 0 Å². The number of rotatable bonds is 9. The van der Waals surface area contributed by atoms with E-state index < -0.39 is 17.7 Å². The van der Waals surface area contributed by atoms with Crippen LogP contribution in [-0.4, -0.2) is 25.8 Å². The molecule has 0 atom stereocenters. The first-order chi connectivity index (χ1) is 14.7. The number of aromatic carboxylic acids is 1. The summed E-state index contributed by atoms with van der Waals surface area (Å²) >= 11 is 0. The lowest BCUT2D eigenvalue weighted by Gasteiger charge is -2.09. The number of halogens is 2. The number of carboxylic acid groups (broad SMARTS) is 1. The van der Waals surface area contributed by atoms with Crippen LogP contribution in [0.15, 0.2) is 48.5 Å². The van der Waals surface area contributed by atoms with E-state index in [1.165, 1.54) is 6.92 Å². The second kappa shape index (κ2) is 9.37. The van der Waals surface area contributed by atoms with Crippen molar-refractivity contribution in [3.05, 3.63) is 71.3 Å². The van der Waals surface area contributed by atoms with Crippen LogP contribution in [0.3, 0.4) is 0 Å². The molecule has 0 aliphatic carbocycles. The standard InChI is InChI=1S/C24H27F2N3O2/c1-4-24(25,26)23-27-21(29(28-23)14-13-16(2)3)15-17-9-11-18(12-10-17)19-7-5-6-8-20(19)22(30)31/h5-12,16H,4,13-15H2,1-3H3,(H,30,31). The van der Waals surface area contributed by atoms with E-state index in [2.05, 4.69) is 23.9 Å². The summed E-state index contributed by atoms with van der Waals surface area (Å²) in [6.07, 6.45) is 0.836. The molecule has 0 amide bonds. The van der Waals surface area contributed by atoms with E-state index in [0.29, 0.717) is 30.3 Å². The Labute approximate surface area is 180 Å². The van der Waals surface area contributed by atoms with Gasteiger partial charge in [-0.1, -0.05) is 63.2 Å². The van der Waals surface area contributed by atoms with Crippen molar-refractivity contribution in [1.29, 1.82) is 0 Å². The Kier molecular flexibility index (Phi) is 6.83. The molecule has 0 radical (unpaired) electrons. The molecule has 31 heavy (non-hydrogen) atoms. The van der Waals surface area contributed by atoms with E-state index in [4.69, 9.17) is 0 Å². The molecule has 0 unspecified atom stereocenters. The van der Waals surface area contributed by atoms with Crippen molar-refractivity contribution >= 4 is 5.97 Å². The largest absolute Gasteiger partial charge is 0.478 e. The van der Waals surface area contributed by atoms with E-state index in [1.54, 1.807) is 28.9 Å². The van der Waals surface area contributed by atoms with Gasteiger partial charge in [0, 0.05) is 19.4 Å². The Hall–Kier alpha value is -3.09. The van der Waals surface area contributed by atoms with Crippen LogP contribution in [0.2, 0.25) is 0 Å². The van der Waals surface area contributed by atoms with Crippen molar-refractivity contribution in [1.82, 2.24) is 14.8 Å². The first kappa shape index (κ1) is 22.6. The molecule has 2 aromatic carbocycles. The second-order valence-corrected chi connectivity index (χ2v) is 8.04. The number of aryl methyl sites for hydroxylation is 1. The molecule has 0 aliphatic heterocycles. The summed E-state index contributed by atoms with van der Waals surface area (Å²) in [4.78, 5) is 15.6. The Bertz CT molecular complexity index is 1040. The third-order valence-electron chi connectivity index (χ3n) is 5.22. The SMILES string of the molecule is CCC(F)(F)c1nc(Cc2ccc(-c3ccccc3C(=O)O)cc2)n(CCC(C)C)n1. The van der Waals surface area contributed by atoms with Crippen molar-refractivity contribution in [3.8, 4) is 11.1 Å². The van der Waals surface area contributed by atoms with Crippen molar-refractivity contribution < 1.29 is 18.7 Å². The minimum Gasteiger partial charge on any atom is -0.478 e. The van der Waals surface area contributed by atoms with Gasteiger partial charge in [0.25, 0.3) is 0 Å². The van der Waals surface area contributed by atoms with Crippen molar-refractivity contribution in [2.45, 2.75) is 52.5 Å². The van der Waals surface area contributed by atoms with E-state index in [9.17, 15) is 18.7 Å². The fraction of sp³-hybridized carbons (Fsp3) is 0.375. The predicted molar refractivity (Wildman–Crippen MR) is 115 cm³/mol. The van der Waals surface area contributed by atoms with E-state index in [1.807, 2.05) is 24.3 Å². The number of hydrogen-bond donors (Lipinski definition) is 1. The zero-order valence-corrected chi connectivity index (χ0v) is 18.0. The fourth-order valence-electron chi connectivity index (χ4n) is 3.28. The zero-order chi connectivity index (χ0) is 22.6. The molecule has 7 heteroatoms. The fourth-order valence-corrected chi connectivity index (χ4v) is 3.28. The monoisotopic (exact) mass is 427 g/mol. The number of alkyl halides is 2. The second-order valence-electron chi connectivity index (χ2n) is 8.04. The first-order valence-corrected chi connectivity index (χ1v) is 10.4. The molecular formula is C24H27F2N3O2. The van der Waals surface area contributed by atoms with Crippen LogP contribution in [-0.2, 0) is 18.9 Å². The van der Waals surface area contributed by atoms with Gasteiger partial charge in [-0.15, -0.1) is 5.10 Å². The zero-order valence-electron chi connectivity index (χ0n) is 18.0. The molecule has 3 aromatic rings. The third kappa shape index (κ3) is 5.34. The normalized spacial score (nSPS) is 11.8. The summed E-state index contributed by atoms with van der Waals surface area (Å²) < 4.78 is 29.9. The lowest BCUT2D eigenvalue weighted by atomic mass is 9.98. The van der Waals surface area contributed by atoms with Crippen LogP contribution >= 0.6 is 0 Å². The van der Waals surface area contributed by atoms with Crippen LogP contribution in [0.25, 0.3) is 11.1 Å². The van der Waals surface area contributed by atoms with Gasteiger partial charge in [-0.05, 0) is 35.1 Å². The molecule has 0 saturated heterocycles. The number of nitrogens with zero attached hydrogens (tertiary/aromatic N) is 3. The smallest absolute Gasteiger partial charge is 0.336 e. The molecule has 0 bridgehead atoms. The Morgan fingerprint density at radius 3 is 2.42 bits per heavy atom. The highest BCUT2D eigenvalue weighted by atomic mass is 19.3. The lowest BCUT2D eigenvalue weighted by Crippen LogP contribution is -2.14.